The van der Waals surface area contributed by atoms with Gasteiger partial charge in [-0.25, -0.2) is 4.98 Å². The molecule has 0 aliphatic rings. The Morgan fingerprint density at radius 2 is 2.56 bits per heavy atom. The van der Waals surface area contributed by atoms with E-state index >= 15 is 0 Å². The molecule has 1 aromatic heterocycles. The number of aromatic nitrogens is 2. The summed E-state index contributed by atoms with van der Waals surface area (Å²) in [4.78, 5) is 6.47. The summed E-state index contributed by atoms with van der Waals surface area (Å²) in [6.45, 7) is -0.0217. The Morgan fingerprint density at radius 3 is 3.00 bits per heavy atom. The van der Waals surface area contributed by atoms with Crippen LogP contribution in [0.1, 0.15) is 5.69 Å². The molecule has 0 aliphatic carbocycles. The molecule has 4 heteroatoms. The molecule has 0 spiro atoms. The number of rotatable bonds is 1. The van der Waals surface area contributed by atoms with Gasteiger partial charge in [-0.2, -0.15) is 0 Å². The highest BCUT2D eigenvalue weighted by Gasteiger charge is 1.85. The van der Waals surface area contributed by atoms with E-state index in [-0.39, 0.29) is 6.61 Å². The van der Waals surface area contributed by atoms with Crippen LogP contribution in [0, 0.1) is 4.64 Å². The molecule has 0 aliphatic heterocycles. The maximum atomic E-state index is 8.56. The van der Waals surface area contributed by atoms with Crippen LogP contribution in [0.4, 0.5) is 0 Å². The zero-order valence-corrected chi connectivity index (χ0v) is 5.48. The highest BCUT2D eigenvalue weighted by atomic mass is 32.1. The Hall–Kier alpha value is -0.740. The summed E-state index contributed by atoms with van der Waals surface area (Å²) < 4.78 is 0.498. The first-order valence-electron chi connectivity index (χ1n) is 2.47. The minimum absolute atomic E-state index is 0.0217. The molecule has 2 N–H and O–H groups in total. The molecule has 0 radical (unpaired) electrons. The predicted molar refractivity (Wildman–Crippen MR) is 35.3 cm³/mol. The molecule has 0 bridgehead atoms. The van der Waals surface area contributed by atoms with Gasteiger partial charge >= 0.3 is 0 Å². The van der Waals surface area contributed by atoms with Crippen molar-refractivity contribution >= 4 is 12.2 Å². The molecule has 0 amide bonds. The lowest BCUT2D eigenvalue weighted by atomic mass is 10.4. The Morgan fingerprint density at radius 1 is 1.78 bits per heavy atom. The molecule has 1 rings (SSSR count). The van der Waals surface area contributed by atoms with Gasteiger partial charge in [0.1, 0.15) is 4.64 Å². The van der Waals surface area contributed by atoms with E-state index in [1.54, 1.807) is 6.07 Å². The van der Waals surface area contributed by atoms with Crippen LogP contribution in [0.5, 0.6) is 0 Å². The number of aromatic amines is 1. The summed E-state index contributed by atoms with van der Waals surface area (Å²) in [5.41, 5.74) is 0.690. The first kappa shape index (κ1) is 6.38. The third-order valence-electron chi connectivity index (χ3n) is 0.910. The number of nitrogens with one attached hydrogen (secondary N) is 1. The van der Waals surface area contributed by atoms with E-state index in [2.05, 4.69) is 9.97 Å². The molecular weight excluding hydrogens is 136 g/mol. The number of H-pyrrole nitrogens is 1. The standard InChI is InChI=1S/C5H6N2OS/c8-2-4-1-5(9)7-3-6-4/h1,3,8H,2H2,(H,6,7,9). The van der Waals surface area contributed by atoms with Crippen LogP contribution in [-0.2, 0) is 6.61 Å². The first-order chi connectivity index (χ1) is 4.33. The fourth-order valence-corrected chi connectivity index (χ4v) is 0.693. The maximum absolute atomic E-state index is 8.56. The Kier molecular flexibility index (Phi) is 1.92. The van der Waals surface area contributed by atoms with Crippen LogP contribution >= 0.6 is 12.2 Å². The van der Waals surface area contributed by atoms with Gasteiger partial charge in [0.25, 0.3) is 0 Å². The summed E-state index contributed by atoms with van der Waals surface area (Å²) in [5, 5.41) is 8.56. The average molecular weight is 142 g/mol. The van der Waals surface area contributed by atoms with Gasteiger partial charge in [0.05, 0.1) is 12.9 Å². The summed E-state index contributed by atoms with van der Waals surface area (Å²) in [6.07, 6.45) is 1.47. The molecular formula is C5H6N2OS. The summed E-state index contributed by atoms with van der Waals surface area (Å²) in [6, 6.07) is 1.62. The SMILES string of the molecule is OCc1cc(=S)nc[nH]1. The van der Waals surface area contributed by atoms with Crippen LogP contribution < -0.4 is 0 Å². The van der Waals surface area contributed by atoms with Crippen molar-refractivity contribution in [2.45, 2.75) is 6.61 Å². The third kappa shape index (κ3) is 1.58. The molecule has 0 saturated heterocycles. The van der Waals surface area contributed by atoms with Crippen LogP contribution in [-0.4, -0.2) is 15.1 Å². The van der Waals surface area contributed by atoms with Crippen molar-refractivity contribution in [1.29, 1.82) is 0 Å². The summed E-state index contributed by atoms with van der Waals surface area (Å²) in [7, 11) is 0. The number of hydrogen-bond donors (Lipinski definition) is 2. The minimum Gasteiger partial charge on any atom is -0.390 e. The van der Waals surface area contributed by atoms with Gasteiger partial charge < -0.3 is 10.1 Å². The van der Waals surface area contributed by atoms with Crippen molar-refractivity contribution in [3.8, 4) is 0 Å². The lowest BCUT2D eigenvalue weighted by molar-refractivity contribution is 0.276. The molecule has 0 saturated carbocycles. The molecule has 0 unspecified atom stereocenters. The third-order valence-corrected chi connectivity index (χ3v) is 1.13. The lowest BCUT2D eigenvalue weighted by Crippen LogP contribution is -1.88. The highest BCUT2D eigenvalue weighted by Crippen LogP contribution is 1.90. The smallest absolute Gasteiger partial charge is 0.129 e. The van der Waals surface area contributed by atoms with Crippen LogP contribution in [0.15, 0.2) is 12.4 Å². The molecule has 1 aromatic rings. The maximum Gasteiger partial charge on any atom is 0.129 e. The van der Waals surface area contributed by atoms with Crippen LogP contribution in [0.2, 0.25) is 0 Å². The number of hydrogen-bond acceptors (Lipinski definition) is 3. The van der Waals surface area contributed by atoms with Gasteiger partial charge in [-0.05, 0) is 6.07 Å². The quantitative estimate of drug-likeness (QED) is 0.565. The second-order valence-electron chi connectivity index (χ2n) is 1.57. The van der Waals surface area contributed by atoms with E-state index in [4.69, 9.17) is 17.3 Å². The highest BCUT2D eigenvalue weighted by molar-refractivity contribution is 7.71. The van der Waals surface area contributed by atoms with E-state index < -0.39 is 0 Å². The van der Waals surface area contributed by atoms with Gasteiger partial charge in [0.15, 0.2) is 0 Å². The molecule has 3 nitrogen and oxygen atoms in total. The van der Waals surface area contributed by atoms with Crippen molar-refractivity contribution in [3.05, 3.63) is 22.7 Å². The predicted octanol–water partition coefficient (Wildman–Crippen LogP) is 0.631. The normalized spacial score (nSPS) is 9.44. The Balaban J connectivity index is 3.08. The number of aliphatic hydroxyl groups is 1. The molecule has 9 heavy (non-hydrogen) atoms. The van der Waals surface area contributed by atoms with E-state index in [0.717, 1.165) is 0 Å². The molecule has 0 fully saturated rings. The number of aliphatic hydroxyl groups excluding tert-OH is 1. The largest absolute Gasteiger partial charge is 0.390 e. The zero-order valence-electron chi connectivity index (χ0n) is 4.66. The monoisotopic (exact) mass is 142 g/mol. The fraction of sp³-hybridized carbons (Fsp3) is 0.200. The molecule has 0 atom stereocenters. The van der Waals surface area contributed by atoms with E-state index in [0.29, 0.717) is 10.3 Å². The second-order valence-corrected chi connectivity index (χ2v) is 1.99. The van der Waals surface area contributed by atoms with E-state index in [1.807, 2.05) is 0 Å². The van der Waals surface area contributed by atoms with Crippen molar-refractivity contribution < 1.29 is 5.11 Å². The second kappa shape index (κ2) is 2.70. The average Bonchev–Trinajstić information content (AvgIpc) is 1.88. The fourth-order valence-electron chi connectivity index (χ4n) is 0.498. The lowest BCUT2D eigenvalue weighted by Gasteiger charge is -1.91. The van der Waals surface area contributed by atoms with Gasteiger partial charge in [-0.3, -0.25) is 0 Å². The van der Waals surface area contributed by atoms with Crippen LogP contribution in [0.25, 0.3) is 0 Å². The van der Waals surface area contributed by atoms with Gasteiger partial charge in [0, 0.05) is 5.69 Å². The van der Waals surface area contributed by atoms with Crippen LogP contribution in [0.3, 0.4) is 0 Å². The molecule has 1 heterocycles. The Labute approximate surface area is 57.4 Å². The van der Waals surface area contributed by atoms with Crippen molar-refractivity contribution in [2.24, 2.45) is 0 Å². The van der Waals surface area contributed by atoms with Crippen molar-refractivity contribution in [1.82, 2.24) is 9.97 Å². The summed E-state index contributed by atoms with van der Waals surface area (Å²) in [5.74, 6) is 0. The van der Waals surface area contributed by atoms with Crippen molar-refractivity contribution in [3.63, 3.8) is 0 Å². The molecule has 48 valence electrons. The van der Waals surface area contributed by atoms with Gasteiger partial charge in [-0.1, -0.05) is 12.2 Å². The zero-order chi connectivity index (χ0) is 6.69. The molecule has 0 aromatic carbocycles. The topological polar surface area (TPSA) is 48.9 Å². The first-order valence-corrected chi connectivity index (χ1v) is 2.88. The van der Waals surface area contributed by atoms with Gasteiger partial charge in [-0.15, -0.1) is 0 Å². The van der Waals surface area contributed by atoms with E-state index in [9.17, 15) is 0 Å². The summed E-state index contributed by atoms with van der Waals surface area (Å²) >= 11 is 4.72. The minimum atomic E-state index is -0.0217. The Bertz CT molecular complexity index is 245. The number of nitrogens with zero attached hydrogens (tertiary/aromatic N) is 1. The van der Waals surface area contributed by atoms with E-state index in [1.165, 1.54) is 6.33 Å². The van der Waals surface area contributed by atoms with Crippen molar-refractivity contribution in [2.75, 3.05) is 0 Å². The van der Waals surface area contributed by atoms with Gasteiger partial charge in [0.2, 0.25) is 0 Å².